The number of carboxylic acid groups (broad SMARTS) is 1. The third-order valence-corrected chi connectivity index (χ3v) is 6.69. The molecule has 0 bridgehead atoms. The molecule has 3 heterocycles. The van der Waals surface area contributed by atoms with Crippen molar-refractivity contribution in [2.45, 2.75) is 39.3 Å². The highest BCUT2D eigenvalue weighted by atomic mass is 19.4. The van der Waals surface area contributed by atoms with E-state index in [1.807, 2.05) is 32.8 Å². The second-order valence-corrected chi connectivity index (χ2v) is 9.10. The highest BCUT2D eigenvalue weighted by molar-refractivity contribution is 5.79. The predicted molar refractivity (Wildman–Crippen MR) is 124 cm³/mol. The van der Waals surface area contributed by atoms with Crippen LogP contribution in [0.25, 0.3) is 16.9 Å². The second-order valence-electron chi connectivity index (χ2n) is 9.10. The number of aryl methyl sites for hydroxylation is 1. The van der Waals surface area contributed by atoms with Gasteiger partial charge in [-0.2, -0.15) is 22.8 Å². The number of benzene rings is 1. The summed E-state index contributed by atoms with van der Waals surface area (Å²) in [6.07, 6.45) is -2.56. The molecule has 0 unspecified atom stereocenters. The van der Waals surface area contributed by atoms with Crippen LogP contribution in [0.1, 0.15) is 37.4 Å². The minimum atomic E-state index is -4.41. The molecule has 0 radical (unpaired) electrons. The Morgan fingerprint density at radius 2 is 1.91 bits per heavy atom. The average molecular weight is 476 g/mol. The summed E-state index contributed by atoms with van der Waals surface area (Å²) in [4.78, 5) is 20.8. The zero-order valence-corrected chi connectivity index (χ0v) is 19.6. The van der Waals surface area contributed by atoms with Gasteiger partial charge in [0.2, 0.25) is 0 Å². The molecule has 2 aromatic heterocycles. The molecule has 7 nitrogen and oxygen atoms in total. The standard InChI is InChI=1S/C24H28F3N5O2/c1-5-23(22(33)34)11-6-12-31(14-23)21-20(30(3)4)15(2)28-19-13-18(29-32(19)21)16-7-9-17(10-8-16)24(25,26)27/h7-10,13H,5-6,11-12,14H2,1-4H3,(H,33,34)/t23-/m0/s1. The minimum absolute atomic E-state index is 0.341. The van der Waals surface area contributed by atoms with E-state index in [0.717, 1.165) is 35.8 Å². The van der Waals surface area contributed by atoms with Gasteiger partial charge in [0, 0.05) is 38.8 Å². The van der Waals surface area contributed by atoms with Gasteiger partial charge in [-0.1, -0.05) is 19.1 Å². The van der Waals surface area contributed by atoms with Crippen LogP contribution in [-0.4, -0.2) is 52.9 Å². The van der Waals surface area contributed by atoms with Crippen LogP contribution < -0.4 is 9.80 Å². The highest BCUT2D eigenvalue weighted by Crippen LogP contribution is 2.40. The molecule has 1 aliphatic heterocycles. The van der Waals surface area contributed by atoms with Crippen molar-refractivity contribution in [3.8, 4) is 11.3 Å². The van der Waals surface area contributed by atoms with E-state index in [2.05, 4.69) is 9.88 Å². The number of carboxylic acids is 1. The maximum atomic E-state index is 13.0. The number of aliphatic carboxylic acids is 1. The Morgan fingerprint density at radius 1 is 1.24 bits per heavy atom. The monoisotopic (exact) mass is 475 g/mol. The van der Waals surface area contributed by atoms with Crippen LogP contribution in [0, 0.1) is 12.3 Å². The summed E-state index contributed by atoms with van der Waals surface area (Å²) in [6.45, 7) is 4.80. The average Bonchev–Trinajstić information content (AvgIpc) is 3.20. The van der Waals surface area contributed by atoms with Gasteiger partial charge in [-0.3, -0.25) is 4.79 Å². The number of rotatable bonds is 5. The van der Waals surface area contributed by atoms with Crippen molar-refractivity contribution >= 4 is 23.1 Å². The van der Waals surface area contributed by atoms with Crippen molar-refractivity contribution in [3.05, 3.63) is 41.6 Å². The molecule has 0 spiro atoms. The number of halogens is 3. The number of piperidine rings is 1. The van der Waals surface area contributed by atoms with Gasteiger partial charge in [-0.05, 0) is 38.3 Å². The van der Waals surface area contributed by atoms with E-state index in [9.17, 15) is 23.1 Å². The first-order chi connectivity index (χ1) is 16.0. The lowest BCUT2D eigenvalue weighted by molar-refractivity contribution is -0.149. The Bertz CT molecular complexity index is 1220. The van der Waals surface area contributed by atoms with Gasteiger partial charge in [0.15, 0.2) is 11.5 Å². The number of fused-ring (bicyclic) bond motifs is 1. The summed E-state index contributed by atoms with van der Waals surface area (Å²) in [5.41, 5.74) is 1.60. The number of hydrogen-bond donors (Lipinski definition) is 1. The lowest BCUT2D eigenvalue weighted by atomic mass is 9.77. The molecular weight excluding hydrogens is 447 g/mol. The second kappa shape index (κ2) is 8.48. The van der Waals surface area contributed by atoms with Crippen molar-refractivity contribution in [1.29, 1.82) is 0 Å². The van der Waals surface area contributed by atoms with Gasteiger partial charge >= 0.3 is 12.1 Å². The van der Waals surface area contributed by atoms with E-state index in [1.165, 1.54) is 12.1 Å². The maximum absolute atomic E-state index is 13.0. The summed E-state index contributed by atoms with van der Waals surface area (Å²) >= 11 is 0. The Hall–Kier alpha value is -3.30. The molecular formula is C24H28F3N5O2. The van der Waals surface area contributed by atoms with Crippen molar-refractivity contribution < 1.29 is 23.1 Å². The van der Waals surface area contributed by atoms with Crippen molar-refractivity contribution in [2.24, 2.45) is 5.41 Å². The van der Waals surface area contributed by atoms with Crippen LogP contribution >= 0.6 is 0 Å². The number of nitrogens with zero attached hydrogens (tertiary/aromatic N) is 5. The fourth-order valence-electron chi connectivity index (χ4n) is 4.80. The number of carbonyl (C=O) groups is 1. The van der Waals surface area contributed by atoms with Crippen molar-refractivity contribution in [2.75, 3.05) is 37.0 Å². The third-order valence-electron chi connectivity index (χ3n) is 6.69. The first-order valence-corrected chi connectivity index (χ1v) is 11.2. The van der Waals surface area contributed by atoms with Crippen molar-refractivity contribution in [3.63, 3.8) is 0 Å². The van der Waals surface area contributed by atoms with Gasteiger partial charge in [0.1, 0.15) is 5.69 Å². The minimum Gasteiger partial charge on any atom is -0.481 e. The number of hydrogen-bond acceptors (Lipinski definition) is 5. The molecule has 1 atom stereocenters. The summed E-state index contributed by atoms with van der Waals surface area (Å²) < 4.78 is 40.6. The van der Waals surface area contributed by atoms with Gasteiger partial charge < -0.3 is 14.9 Å². The van der Waals surface area contributed by atoms with Gasteiger partial charge in [0.05, 0.1) is 22.4 Å². The lowest BCUT2D eigenvalue weighted by Crippen LogP contribution is -2.48. The van der Waals surface area contributed by atoms with Crippen LogP contribution in [0.2, 0.25) is 0 Å². The van der Waals surface area contributed by atoms with Gasteiger partial charge in [-0.25, -0.2) is 4.98 Å². The number of anilines is 2. The number of aromatic nitrogens is 3. The molecule has 0 amide bonds. The van der Waals surface area contributed by atoms with Crippen molar-refractivity contribution in [1.82, 2.24) is 14.6 Å². The first kappa shape index (κ1) is 23.8. The van der Waals surface area contributed by atoms with E-state index < -0.39 is 23.1 Å². The third kappa shape index (κ3) is 4.05. The van der Waals surface area contributed by atoms with Crippen LogP contribution in [0.5, 0.6) is 0 Å². The topological polar surface area (TPSA) is 74.0 Å². The highest BCUT2D eigenvalue weighted by Gasteiger charge is 2.42. The summed E-state index contributed by atoms with van der Waals surface area (Å²) in [5, 5.41) is 14.7. The smallest absolute Gasteiger partial charge is 0.416 e. The summed E-state index contributed by atoms with van der Waals surface area (Å²) in [7, 11) is 3.79. The Morgan fingerprint density at radius 3 is 2.47 bits per heavy atom. The largest absolute Gasteiger partial charge is 0.481 e. The van der Waals surface area contributed by atoms with Crippen LogP contribution in [0.4, 0.5) is 24.7 Å². The maximum Gasteiger partial charge on any atom is 0.416 e. The molecule has 0 saturated carbocycles. The lowest BCUT2D eigenvalue weighted by Gasteiger charge is -2.41. The normalized spacial score (nSPS) is 19.0. The summed E-state index contributed by atoms with van der Waals surface area (Å²) in [6, 6.07) is 6.62. The summed E-state index contributed by atoms with van der Waals surface area (Å²) in [5.74, 6) is -0.0662. The SMILES string of the molecule is CC[C@]1(C(=O)O)CCCN(c2c(N(C)C)c(C)nc3cc(-c4ccc(C(F)(F)F)cc4)nn23)C1. The first-order valence-electron chi connectivity index (χ1n) is 11.2. The fourth-order valence-corrected chi connectivity index (χ4v) is 4.80. The Labute approximate surface area is 195 Å². The van der Waals surface area contributed by atoms with Crippen LogP contribution in [0.3, 0.4) is 0 Å². The molecule has 1 N–H and O–H groups in total. The molecule has 3 aromatic rings. The molecule has 4 rings (SSSR count). The molecule has 0 aliphatic carbocycles. The van der Waals surface area contributed by atoms with E-state index in [-0.39, 0.29) is 0 Å². The van der Waals surface area contributed by atoms with E-state index in [0.29, 0.717) is 42.8 Å². The van der Waals surface area contributed by atoms with E-state index in [4.69, 9.17) is 5.10 Å². The molecule has 10 heteroatoms. The molecule has 1 fully saturated rings. The molecule has 34 heavy (non-hydrogen) atoms. The Balaban J connectivity index is 1.86. The van der Waals surface area contributed by atoms with Gasteiger partial charge in [-0.15, -0.1) is 0 Å². The Kier molecular flexibility index (Phi) is 5.95. The van der Waals surface area contributed by atoms with Gasteiger partial charge in [0.25, 0.3) is 0 Å². The van der Waals surface area contributed by atoms with Crippen LogP contribution in [-0.2, 0) is 11.0 Å². The molecule has 1 saturated heterocycles. The van der Waals surface area contributed by atoms with Crippen LogP contribution in [0.15, 0.2) is 30.3 Å². The molecule has 1 aromatic carbocycles. The number of alkyl halides is 3. The zero-order valence-electron chi connectivity index (χ0n) is 19.6. The zero-order chi connectivity index (χ0) is 24.8. The van der Waals surface area contributed by atoms with E-state index >= 15 is 0 Å². The molecule has 1 aliphatic rings. The quantitative estimate of drug-likeness (QED) is 0.568. The predicted octanol–water partition coefficient (Wildman–Crippen LogP) is 4.87. The van der Waals surface area contributed by atoms with E-state index in [1.54, 1.807) is 10.6 Å². The fraction of sp³-hybridized carbons (Fsp3) is 0.458. The molecule has 182 valence electrons.